The fourth-order valence-corrected chi connectivity index (χ4v) is 4.89. The molecular weight excluding hydrogens is 380 g/mol. The van der Waals surface area contributed by atoms with Gasteiger partial charge in [-0.05, 0) is 49.4 Å². The van der Waals surface area contributed by atoms with E-state index in [0.29, 0.717) is 0 Å². The highest BCUT2D eigenvalue weighted by molar-refractivity contribution is 5.87. The number of nitrogens with one attached hydrogen (secondary N) is 1. The lowest BCUT2D eigenvalue weighted by Crippen LogP contribution is -2.45. The van der Waals surface area contributed by atoms with Crippen LogP contribution in [0.15, 0.2) is 24.4 Å². The number of ether oxygens (including phenoxy) is 1. The summed E-state index contributed by atoms with van der Waals surface area (Å²) in [7, 11) is 1.66. The summed E-state index contributed by atoms with van der Waals surface area (Å²) >= 11 is 0. The Kier molecular flexibility index (Phi) is 6.27. The van der Waals surface area contributed by atoms with Crippen molar-refractivity contribution in [2.45, 2.75) is 57.7 Å². The van der Waals surface area contributed by atoms with Gasteiger partial charge < -0.3 is 20.4 Å². The highest BCUT2D eigenvalue weighted by Crippen LogP contribution is 2.28. The first-order valence-corrected chi connectivity index (χ1v) is 11.0. The molecule has 0 unspecified atom stereocenters. The van der Waals surface area contributed by atoms with Crippen molar-refractivity contribution in [1.29, 1.82) is 0 Å². The monoisotopic (exact) mass is 412 g/mol. The lowest BCUT2D eigenvalue weighted by atomic mass is 10.0. The average molecular weight is 413 g/mol. The number of carbonyl (C=O) groups is 2. The van der Waals surface area contributed by atoms with E-state index in [0.717, 1.165) is 62.0 Å². The molecule has 3 N–H and O–H groups in total. The minimum absolute atomic E-state index is 0.165. The SMILES string of the molecule is COc1ccc2c(c1)c(CN1CCC(NC(=O)C3CCCC3)CC1)cn2CC(N)=O. The number of primary amides is 1. The third kappa shape index (κ3) is 4.61. The molecule has 1 saturated heterocycles. The number of likely N-dealkylation sites (tertiary alicyclic amines) is 1. The zero-order valence-electron chi connectivity index (χ0n) is 17.7. The molecule has 7 heteroatoms. The highest BCUT2D eigenvalue weighted by atomic mass is 16.5. The Labute approximate surface area is 177 Å². The maximum Gasteiger partial charge on any atom is 0.237 e. The van der Waals surface area contributed by atoms with E-state index in [2.05, 4.69) is 10.2 Å². The van der Waals surface area contributed by atoms with Gasteiger partial charge in [-0.2, -0.15) is 0 Å². The molecule has 30 heavy (non-hydrogen) atoms. The van der Waals surface area contributed by atoms with Crippen LogP contribution in [0.25, 0.3) is 10.9 Å². The third-order valence-electron chi connectivity index (χ3n) is 6.55. The number of methoxy groups -OCH3 is 1. The molecule has 2 amide bonds. The molecule has 1 saturated carbocycles. The van der Waals surface area contributed by atoms with Gasteiger partial charge in [0.1, 0.15) is 12.3 Å². The van der Waals surface area contributed by atoms with E-state index in [1.54, 1.807) is 7.11 Å². The van der Waals surface area contributed by atoms with E-state index in [4.69, 9.17) is 10.5 Å². The molecular formula is C23H32N4O3. The van der Waals surface area contributed by atoms with Gasteiger partial charge in [-0.25, -0.2) is 0 Å². The summed E-state index contributed by atoms with van der Waals surface area (Å²) in [5.41, 5.74) is 7.59. The first-order chi connectivity index (χ1) is 14.5. The van der Waals surface area contributed by atoms with Crippen LogP contribution in [0.4, 0.5) is 0 Å². The van der Waals surface area contributed by atoms with Gasteiger partial charge in [-0.3, -0.25) is 14.5 Å². The van der Waals surface area contributed by atoms with Crippen LogP contribution in [0.3, 0.4) is 0 Å². The Hall–Kier alpha value is -2.54. The quantitative estimate of drug-likeness (QED) is 0.731. The second-order valence-corrected chi connectivity index (χ2v) is 8.67. The molecule has 7 nitrogen and oxygen atoms in total. The van der Waals surface area contributed by atoms with Crippen LogP contribution in [0, 0.1) is 5.92 Å². The lowest BCUT2D eigenvalue weighted by Gasteiger charge is -2.32. The molecule has 1 aliphatic carbocycles. The molecule has 1 aromatic heterocycles. The van der Waals surface area contributed by atoms with E-state index in [1.807, 2.05) is 29.0 Å². The molecule has 2 aromatic rings. The van der Waals surface area contributed by atoms with E-state index in [9.17, 15) is 9.59 Å². The van der Waals surface area contributed by atoms with Crippen molar-refractivity contribution in [3.05, 3.63) is 30.0 Å². The van der Waals surface area contributed by atoms with E-state index >= 15 is 0 Å². The zero-order valence-corrected chi connectivity index (χ0v) is 17.7. The Morgan fingerprint density at radius 1 is 1.17 bits per heavy atom. The highest BCUT2D eigenvalue weighted by Gasteiger charge is 2.27. The number of nitrogens with two attached hydrogens (primary N) is 1. The molecule has 2 fully saturated rings. The van der Waals surface area contributed by atoms with Gasteiger partial charge in [0, 0.05) is 48.7 Å². The lowest BCUT2D eigenvalue weighted by molar-refractivity contribution is -0.125. The summed E-state index contributed by atoms with van der Waals surface area (Å²) in [5, 5.41) is 4.37. The minimum Gasteiger partial charge on any atom is -0.497 e. The van der Waals surface area contributed by atoms with Gasteiger partial charge in [0.25, 0.3) is 0 Å². The van der Waals surface area contributed by atoms with E-state index in [1.165, 1.54) is 18.4 Å². The molecule has 0 spiro atoms. The summed E-state index contributed by atoms with van der Waals surface area (Å²) < 4.78 is 7.31. The van der Waals surface area contributed by atoms with Crippen molar-refractivity contribution in [1.82, 2.24) is 14.8 Å². The molecule has 2 heterocycles. The fourth-order valence-electron chi connectivity index (χ4n) is 4.89. The minimum atomic E-state index is -0.354. The summed E-state index contributed by atoms with van der Waals surface area (Å²) in [6, 6.07) is 6.19. The molecule has 4 rings (SSSR count). The molecule has 2 aliphatic rings. The molecule has 0 bridgehead atoms. The van der Waals surface area contributed by atoms with Crippen LogP contribution in [0.5, 0.6) is 5.75 Å². The number of piperidine rings is 1. The van der Waals surface area contributed by atoms with Crippen molar-refractivity contribution in [3.63, 3.8) is 0 Å². The second kappa shape index (κ2) is 9.08. The smallest absolute Gasteiger partial charge is 0.237 e. The number of hydrogen-bond donors (Lipinski definition) is 2. The number of fused-ring (bicyclic) bond motifs is 1. The van der Waals surface area contributed by atoms with Crippen molar-refractivity contribution < 1.29 is 14.3 Å². The van der Waals surface area contributed by atoms with Gasteiger partial charge >= 0.3 is 0 Å². The van der Waals surface area contributed by atoms with E-state index in [-0.39, 0.29) is 30.3 Å². The molecule has 1 aromatic carbocycles. The maximum absolute atomic E-state index is 12.4. The fraction of sp³-hybridized carbons (Fsp3) is 0.565. The Bertz CT molecular complexity index is 909. The van der Waals surface area contributed by atoms with Crippen LogP contribution in [0.2, 0.25) is 0 Å². The topological polar surface area (TPSA) is 89.6 Å². The summed E-state index contributed by atoms with van der Waals surface area (Å²) in [6.07, 6.45) is 8.44. The van der Waals surface area contributed by atoms with E-state index < -0.39 is 0 Å². The Morgan fingerprint density at radius 2 is 1.90 bits per heavy atom. The first-order valence-electron chi connectivity index (χ1n) is 11.0. The first kappa shape index (κ1) is 20.7. The Morgan fingerprint density at radius 3 is 2.57 bits per heavy atom. The van der Waals surface area contributed by atoms with Crippen molar-refractivity contribution in [2.75, 3.05) is 20.2 Å². The third-order valence-corrected chi connectivity index (χ3v) is 6.55. The van der Waals surface area contributed by atoms with Crippen LogP contribution in [0.1, 0.15) is 44.1 Å². The van der Waals surface area contributed by atoms with Crippen molar-refractivity contribution in [3.8, 4) is 5.75 Å². The zero-order chi connectivity index (χ0) is 21.1. The predicted octanol–water partition coefficient (Wildman–Crippen LogP) is 2.41. The number of rotatable bonds is 7. The van der Waals surface area contributed by atoms with Crippen molar-refractivity contribution in [2.24, 2.45) is 11.7 Å². The molecule has 162 valence electrons. The molecule has 0 radical (unpaired) electrons. The second-order valence-electron chi connectivity index (χ2n) is 8.67. The number of carbonyl (C=O) groups excluding carboxylic acids is 2. The molecule has 0 atom stereocenters. The largest absolute Gasteiger partial charge is 0.497 e. The van der Waals surface area contributed by atoms with Crippen molar-refractivity contribution >= 4 is 22.7 Å². The number of amides is 2. The Balaban J connectivity index is 1.40. The maximum atomic E-state index is 12.4. The molecule has 1 aliphatic heterocycles. The van der Waals surface area contributed by atoms with Gasteiger partial charge in [0.2, 0.25) is 11.8 Å². The van der Waals surface area contributed by atoms with Crippen LogP contribution in [-0.2, 0) is 22.7 Å². The van der Waals surface area contributed by atoms with Gasteiger partial charge in [0.15, 0.2) is 0 Å². The van der Waals surface area contributed by atoms with Gasteiger partial charge in [0.05, 0.1) is 7.11 Å². The van der Waals surface area contributed by atoms with Crippen LogP contribution >= 0.6 is 0 Å². The summed E-state index contributed by atoms with van der Waals surface area (Å²) in [4.78, 5) is 26.3. The number of hydrogen-bond acceptors (Lipinski definition) is 4. The normalized spacial score (nSPS) is 18.7. The van der Waals surface area contributed by atoms with Gasteiger partial charge in [-0.15, -0.1) is 0 Å². The number of aromatic nitrogens is 1. The standard InChI is InChI=1S/C23H32N4O3/c1-30-19-6-7-21-20(12-19)17(14-27(21)15-22(24)28)13-26-10-8-18(9-11-26)25-23(29)16-4-2-3-5-16/h6-7,12,14,16,18H,2-5,8-11,13,15H2,1H3,(H2,24,28)(H,25,29). The average Bonchev–Trinajstić information content (AvgIpc) is 3.38. The summed E-state index contributed by atoms with van der Waals surface area (Å²) in [5.74, 6) is 0.934. The number of benzene rings is 1. The van der Waals surface area contributed by atoms with Gasteiger partial charge in [-0.1, -0.05) is 12.8 Å². The number of nitrogens with zero attached hydrogens (tertiary/aromatic N) is 2. The summed E-state index contributed by atoms with van der Waals surface area (Å²) in [6.45, 7) is 2.86. The van der Waals surface area contributed by atoms with Crippen LogP contribution < -0.4 is 15.8 Å². The predicted molar refractivity (Wildman–Crippen MR) is 116 cm³/mol. The van der Waals surface area contributed by atoms with Crippen LogP contribution in [-0.4, -0.2) is 47.5 Å².